The van der Waals surface area contributed by atoms with Crippen LogP contribution in [0.25, 0.3) is 0 Å². The summed E-state index contributed by atoms with van der Waals surface area (Å²) in [6, 6.07) is 0.236. The molecule has 0 saturated carbocycles. The van der Waals surface area contributed by atoms with Gasteiger partial charge >= 0.3 is 24.2 Å². The number of Topliss-reactive ketones (excluding diaryl/α,β-unsaturated/α-hetero) is 1. The minimum Gasteiger partial charge on any atom is -0.460 e. The van der Waals surface area contributed by atoms with Crippen molar-refractivity contribution >= 4 is 59.6 Å². The van der Waals surface area contributed by atoms with Crippen LogP contribution in [0.5, 0.6) is 0 Å². The number of rotatable bonds is 51. The molecule has 28 heteroatoms. The van der Waals surface area contributed by atoms with Crippen LogP contribution in [0.2, 0.25) is 0 Å². The van der Waals surface area contributed by atoms with Gasteiger partial charge in [-0.15, -0.1) is 0 Å². The highest BCUT2D eigenvalue weighted by atomic mass is 16.6. The van der Waals surface area contributed by atoms with Crippen LogP contribution < -0.4 is 10.6 Å². The predicted molar refractivity (Wildman–Crippen MR) is 627 cm³/mol. The Labute approximate surface area is 906 Å². The Hall–Kier alpha value is -5.94. The summed E-state index contributed by atoms with van der Waals surface area (Å²) in [5.74, 6) is 9.43. The van der Waals surface area contributed by atoms with Gasteiger partial charge in [-0.25, -0.2) is 14.4 Å². The van der Waals surface area contributed by atoms with Gasteiger partial charge in [0.05, 0.1) is 39.3 Å². The lowest BCUT2D eigenvalue weighted by Crippen LogP contribution is -2.44. The second-order valence-corrected chi connectivity index (χ2v) is 49.2. The van der Waals surface area contributed by atoms with Crippen molar-refractivity contribution in [1.82, 2.24) is 64.5 Å². The minimum atomic E-state index is -0.400. The highest BCUT2D eigenvalue weighted by molar-refractivity contribution is 5.85. The number of esters is 1. The van der Waals surface area contributed by atoms with Gasteiger partial charge in [-0.3, -0.25) is 48.4 Å². The lowest BCUT2D eigenvalue weighted by atomic mass is 10.0. The first kappa shape index (κ1) is 165. The number of hydrogen-bond donors (Lipinski definition) is 2. The van der Waals surface area contributed by atoms with Crippen molar-refractivity contribution in [2.24, 2.45) is 76.9 Å². The van der Waals surface area contributed by atoms with Gasteiger partial charge in [0.25, 0.3) is 0 Å². The van der Waals surface area contributed by atoms with Gasteiger partial charge in [-0.1, -0.05) is 253 Å². The monoisotopic (exact) mass is 2090 g/mol. The Bertz CT molecular complexity index is 3010. The summed E-state index contributed by atoms with van der Waals surface area (Å²) < 4.78 is 25.8. The first-order valence-corrected chi connectivity index (χ1v) is 56.3. The first-order valence-electron chi connectivity index (χ1n) is 56.3. The SMILES string of the molecule is CC(=O)CCCCC(C)C.CC(C)C(C)C.CC(C)CCCCC(=O)OC(C)(C)C.CC(C)CCN(C)C(=O)OC(C)(C)C.CC(C)CN(C)C(=O)OC(C)(C)C.CC(C)CN(C)C(=O)OC(C)(C)C.CC(C)CN(C)CC(=O)NC(C)C.CCCC(C)C.CCCNC(=O)CN(CCC)CC(C)C.CCN(CC(=O)N(C)C)C(=O)CN(C)CC(C)C.CCN(CC)CC(C)C.COCCN(CC(=O)N(C)C)CC(C)C. The molecule has 8 amide bonds. The number of nitrogens with one attached hydrogen (secondary N) is 2. The molecule has 0 aromatic rings. The third-order valence-electron chi connectivity index (χ3n) is 19.9. The Kier molecular flexibility index (Phi) is 113. The smallest absolute Gasteiger partial charge is 0.410 e. The zero-order valence-corrected chi connectivity index (χ0v) is 107. The summed E-state index contributed by atoms with van der Waals surface area (Å²) in [6.07, 6.45) is 13.2. The number of carbonyl (C=O) groups is 10. The van der Waals surface area contributed by atoms with Crippen LogP contribution in [-0.4, -0.2) is 343 Å². The highest BCUT2D eigenvalue weighted by Gasteiger charge is 2.25. The maximum Gasteiger partial charge on any atom is 0.410 e. The number of methoxy groups -OCH3 is 1. The zero-order valence-electron chi connectivity index (χ0n) is 107. The van der Waals surface area contributed by atoms with Crippen molar-refractivity contribution in [1.29, 1.82) is 0 Å². The average Bonchev–Trinajstić information content (AvgIpc) is 0.910. The molecule has 2 N–H and O–H groups in total. The third-order valence-corrected chi connectivity index (χ3v) is 19.9. The van der Waals surface area contributed by atoms with Gasteiger partial charge in [-0.05, 0) is 254 Å². The van der Waals surface area contributed by atoms with Crippen LogP contribution in [0.15, 0.2) is 0 Å². The molecule has 0 unspecified atom stereocenters. The summed E-state index contributed by atoms with van der Waals surface area (Å²) in [4.78, 5) is 134. The molecule has 0 rings (SSSR count). The van der Waals surface area contributed by atoms with E-state index in [0.717, 1.165) is 146 Å². The number of likely N-dealkylation sites (N-methyl/N-ethyl adjacent to an activating group) is 5. The lowest BCUT2D eigenvalue weighted by Gasteiger charge is -2.25. The Morgan fingerprint density at radius 3 is 0.911 bits per heavy atom. The molecule has 0 spiro atoms. The highest BCUT2D eigenvalue weighted by Crippen LogP contribution is 2.17. The van der Waals surface area contributed by atoms with E-state index in [1.165, 1.54) is 56.6 Å². The van der Waals surface area contributed by atoms with Gasteiger partial charge in [0.15, 0.2) is 0 Å². The predicted octanol–water partition coefficient (Wildman–Crippen LogP) is 25.1. The molecule has 0 aliphatic heterocycles. The second kappa shape index (κ2) is 99.7. The lowest BCUT2D eigenvalue weighted by molar-refractivity contribution is -0.155. The molecule has 0 aliphatic carbocycles. The molecule has 0 bridgehead atoms. The number of hydrogen-bond acceptors (Lipinski definition) is 20. The van der Waals surface area contributed by atoms with Gasteiger partial charge in [-0.2, -0.15) is 0 Å². The van der Waals surface area contributed by atoms with Crippen molar-refractivity contribution in [3.63, 3.8) is 0 Å². The van der Waals surface area contributed by atoms with E-state index < -0.39 is 16.8 Å². The Balaban J connectivity index is -0.000000135. The van der Waals surface area contributed by atoms with Gasteiger partial charge < -0.3 is 73.4 Å². The van der Waals surface area contributed by atoms with Gasteiger partial charge in [0.1, 0.15) is 28.2 Å². The van der Waals surface area contributed by atoms with Crippen LogP contribution in [0, 0.1) is 76.9 Å². The van der Waals surface area contributed by atoms with E-state index in [1.807, 2.05) is 128 Å². The van der Waals surface area contributed by atoms with E-state index in [4.69, 9.17) is 23.7 Å². The Morgan fingerprint density at radius 2 is 0.637 bits per heavy atom. The quantitative estimate of drug-likeness (QED) is 0.0325. The molecule has 0 aromatic heterocycles. The van der Waals surface area contributed by atoms with E-state index in [0.29, 0.717) is 93.0 Å². The number of carbonyl (C=O) groups excluding carboxylic acids is 10. The first-order chi connectivity index (χ1) is 66.5. The van der Waals surface area contributed by atoms with E-state index in [2.05, 4.69) is 240 Å². The fraction of sp³-hybridized carbons (Fsp3) is 0.915. The van der Waals surface area contributed by atoms with E-state index in [1.54, 1.807) is 87.9 Å². The summed E-state index contributed by atoms with van der Waals surface area (Å²) in [6.45, 7) is 113. The molecule has 0 saturated heterocycles. The molecule has 0 aliphatic rings. The number of ketones is 1. The van der Waals surface area contributed by atoms with Crippen molar-refractivity contribution in [2.75, 3.05) is 201 Å². The molecule has 146 heavy (non-hydrogen) atoms. The normalized spacial score (nSPS) is 11.2. The fourth-order valence-corrected chi connectivity index (χ4v) is 12.4. The maximum atomic E-state index is 12.0. The maximum absolute atomic E-state index is 12.0. The number of amides is 8. The molecular formula is C118H253N13O15. The van der Waals surface area contributed by atoms with Crippen LogP contribution in [0.3, 0.4) is 0 Å². The van der Waals surface area contributed by atoms with Crippen molar-refractivity contribution in [2.45, 2.75) is 437 Å². The van der Waals surface area contributed by atoms with E-state index in [9.17, 15) is 47.9 Å². The molecule has 0 fully saturated rings. The summed E-state index contributed by atoms with van der Waals surface area (Å²) in [5, 5.41) is 5.78. The van der Waals surface area contributed by atoms with Crippen LogP contribution in [0.4, 0.5) is 14.4 Å². The summed E-state index contributed by atoms with van der Waals surface area (Å²) in [5.41, 5.74) is -1.54. The van der Waals surface area contributed by atoms with E-state index >= 15 is 0 Å². The molecule has 880 valence electrons. The van der Waals surface area contributed by atoms with Crippen molar-refractivity contribution in [3.05, 3.63) is 0 Å². The van der Waals surface area contributed by atoms with Crippen LogP contribution >= 0.6 is 0 Å². The molecule has 0 radical (unpaired) electrons. The molecule has 0 atom stereocenters. The van der Waals surface area contributed by atoms with Crippen molar-refractivity contribution in [3.8, 4) is 0 Å². The second-order valence-electron chi connectivity index (χ2n) is 49.2. The zero-order chi connectivity index (χ0) is 117. The van der Waals surface area contributed by atoms with Crippen LogP contribution in [0.1, 0.15) is 409 Å². The molecule has 0 aromatic carbocycles. The molecule has 28 nitrogen and oxygen atoms in total. The minimum absolute atomic E-state index is 0.0100. The van der Waals surface area contributed by atoms with Gasteiger partial charge in [0.2, 0.25) is 29.5 Å². The van der Waals surface area contributed by atoms with Gasteiger partial charge in [0, 0.05) is 147 Å². The standard InChI is InChI=1S/C13H27N3O2.C12H26N2O.C12H24O2.C11H24N2O2.C11H23NO2.C10H22N2O.2C10H21NO2.C9H18O.C8H19N.2C6H14/c1-7-16(10-12(17)14(4)5)13(18)9-15(6)8-11(2)3;1-5-7-13-12(15)10-14(8-6-2)9-11(3)4;1-10(2)8-6-7-9-11(13)14-12(3,4)5;1-10(2)8-13(6-7-15-5)9-11(14)12(3)4;1-9(2)7-8-12(6)10(13)14-11(3,4)5;1-8(2)6-12(5)7-10(13)11-9(3)4;2*1-8(2)7-11(6)9(12)13-10(3,4)5;1-8(2)6-4-5-7-9(3)10;1-5-9(6-2)7-8(3)4;1-5(2)6(3)4;1-4-5-6(2)3/h11H,7-10H2,1-6H3;11H,5-10H2,1-4H3,(H,13,15);10H,6-9H2,1-5H3;10H,6-9H2,1-5H3;9H,7-8H2,1-6H3;8-9H,6-7H2,1-5H3,(H,11,13);2*8H,7H2,1-6H3;8H,4-7H2,1-3H3;8H,5-7H2,1-4H3;5-6H,1-4H3;6H,4-5H2,1-3H3. The molecule has 0 heterocycles. The largest absolute Gasteiger partial charge is 0.460 e. The topological polar surface area (TPSA) is 277 Å². The summed E-state index contributed by atoms with van der Waals surface area (Å²) >= 11 is 0. The third kappa shape index (κ3) is 146. The van der Waals surface area contributed by atoms with E-state index in [-0.39, 0.29) is 72.0 Å². The van der Waals surface area contributed by atoms with Crippen molar-refractivity contribution < 1.29 is 71.6 Å². The number of nitrogens with zero attached hydrogens (tertiary/aromatic N) is 11. The Morgan fingerprint density at radius 1 is 0.301 bits per heavy atom. The van der Waals surface area contributed by atoms with Crippen LogP contribution in [-0.2, 0) is 57.2 Å². The summed E-state index contributed by atoms with van der Waals surface area (Å²) in [7, 11) is 17.8. The molecular weight excluding hydrogens is 1840 g/mol. The fourth-order valence-electron chi connectivity index (χ4n) is 12.4. The number of unbranched alkanes of at least 4 members (excludes halogenated alkanes) is 2. The average molecular weight is 2090 g/mol. The number of ether oxygens (including phenoxy) is 5.